The van der Waals surface area contributed by atoms with Crippen molar-refractivity contribution in [3.8, 4) is 11.8 Å². The van der Waals surface area contributed by atoms with E-state index in [2.05, 4.69) is 44.2 Å². The summed E-state index contributed by atoms with van der Waals surface area (Å²) >= 11 is 6.28. The minimum atomic E-state index is -0.133. The quantitative estimate of drug-likeness (QED) is 0.514. The van der Waals surface area contributed by atoms with Crippen LogP contribution in [0.2, 0.25) is 5.28 Å². The molecular formula is C21H23ClN6O. The van der Waals surface area contributed by atoms with Crippen molar-refractivity contribution in [3.63, 3.8) is 0 Å². The number of aryl methyl sites for hydroxylation is 2. The molecule has 8 heteroatoms. The van der Waals surface area contributed by atoms with Gasteiger partial charge in [-0.1, -0.05) is 36.3 Å². The first kappa shape index (κ1) is 19.5. The Morgan fingerprint density at radius 1 is 1.14 bits per heavy atom. The van der Waals surface area contributed by atoms with Crippen LogP contribution in [0, 0.1) is 11.8 Å². The molecule has 0 aliphatic carbocycles. The van der Waals surface area contributed by atoms with Gasteiger partial charge in [-0.2, -0.15) is 9.97 Å². The summed E-state index contributed by atoms with van der Waals surface area (Å²) in [6.45, 7) is 5.89. The number of benzene rings is 1. The van der Waals surface area contributed by atoms with E-state index in [1.807, 2.05) is 18.2 Å². The molecule has 1 N–H and O–H groups in total. The second kappa shape index (κ2) is 8.68. The van der Waals surface area contributed by atoms with E-state index in [1.54, 1.807) is 16.1 Å². The van der Waals surface area contributed by atoms with E-state index >= 15 is 0 Å². The maximum absolute atomic E-state index is 13.3. The molecule has 0 bridgehead atoms. The number of imidazole rings is 1. The highest BCUT2D eigenvalue weighted by Gasteiger charge is 2.24. The van der Waals surface area contributed by atoms with Crippen molar-refractivity contribution in [3.05, 3.63) is 51.7 Å². The van der Waals surface area contributed by atoms with E-state index in [0.717, 1.165) is 38.2 Å². The van der Waals surface area contributed by atoms with Crippen LogP contribution in [0.5, 0.6) is 0 Å². The van der Waals surface area contributed by atoms with Gasteiger partial charge in [0, 0.05) is 32.7 Å². The average Bonchev–Trinajstić information content (AvgIpc) is 3.02. The van der Waals surface area contributed by atoms with E-state index in [9.17, 15) is 4.79 Å². The molecule has 0 amide bonds. The van der Waals surface area contributed by atoms with Crippen molar-refractivity contribution in [2.24, 2.45) is 0 Å². The minimum Gasteiger partial charge on any atom is -0.352 e. The molecule has 1 aliphatic rings. The zero-order valence-corrected chi connectivity index (χ0v) is 17.1. The highest BCUT2D eigenvalue weighted by molar-refractivity contribution is 6.28. The summed E-state index contributed by atoms with van der Waals surface area (Å²) in [5, 5.41) is 3.49. The van der Waals surface area contributed by atoms with E-state index < -0.39 is 0 Å². The molecule has 3 heterocycles. The molecule has 0 atom stereocenters. The number of halogens is 1. The molecule has 0 radical (unpaired) electrons. The molecular weight excluding hydrogens is 388 g/mol. The van der Waals surface area contributed by atoms with Crippen LogP contribution >= 0.6 is 11.6 Å². The Kier molecular flexibility index (Phi) is 5.84. The van der Waals surface area contributed by atoms with Gasteiger partial charge in [-0.05, 0) is 30.5 Å². The van der Waals surface area contributed by atoms with Crippen molar-refractivity contribution >= 4 is 28.6 Å². The van der Waals surface area contributed by atoms with E-state index in [-0.39, 0.29) is 11.0 Å². The second-order valence-electron chi connectivity index (χ2n) is 6.91. The Balaban J connectivity index is 1.84. The van der Waals surface area contributed by atoms with Crippen molar-refractivity contribution in [2.45, 2.75) is 26.4 Å². The molecule has 1 saturated heterocycles. The van der Waals surface area contributed by atoms with Gasteiger partial charge in [-0.25, -0.2) is 4.79 Å². The number of fused-ring (bicyclic) bond motifs is 1. The predicted octanol–water partition coefficient (Wildman–Crippen LogP) is 1.92. The fourth-order valence-electron chi connectivity index (χ4n) is 3.66. The van der Waals surface area contributed by atoms with Gasteiger partial charge in [0.15, 0.2) is 11.5 Å². The lowest BCUT2D eigenvalue weighted by atomic mass is 10.1. The average molecular weight is 411 g/mol. The molecule has 0 spiro atoms. The number of piperazine rings is 1. The van der Waals surface area contributed by atoms with Crippen molar-refractivity contribution in [1.82, 2.24) is 24.4 Å². The summed E-state index contributed by atoms with van der Waals surface area (Å²) in [5.74, 6) is 6.59. The Bertz CT molecular complexity index is 1120. The zero-order chi connectivity index (χ0) is 20.2. The Morgan fingerprint density at radius 2 is 1.90 bits per heavy atom. The third-order valence-corrected chi connectivity index (χ3v) is 5.27. The topological polar surface area (TPSA) is 68.0 Å². The maximum Gasteiger partial charge on any atom is 0.331 e. The third-order valence-electron chi connectivity index (χ3n) is 5.10. The van der Waals surface area contributed by atoms with Gasteiger partial charge in [0.2, 0.25) is 5.28 Å². The molecule has 3 aromatic rings. The highest BCUT2D eigenvalue weighted by Crippen LogP contribution is 2.25. The van der Waals surface area contributed by atoms with Gasteiger partial charge in [0.1, 0.15) is 5.52 Å². The van der Waals surface area contributed by atoms with Gasteiger partial charge in [-0.15, -0.1) is 5.92 Å². The van der Waals surface area contributed by atoms with Crippen LogP contribution < -0.4 is 15.9 Å². The van der Waals surface area contributed by atoms with Crippen LogP contribution in [0.3, 0.4) is 0 Å². The molecule has 0 saturated carbocycles. The van der Waals surface area contributed by atoms with Crippen LogP contribution in [-0.2, 0) is 19.5 Å². The molecule has 1 aromatic carbocycles. The van der Waals surface area contributed by atoms with Crippen molar-refractivity contribution in [1.29, 1.82) is 0 Å². The standard InChI is InChI=1S/C21H23ClN6O/c1-2-3-12-27-17-18(26-14-10-23-11-15-26)24-20(22)25-19(17)28(21(27)29)13-9-16-7-5-4-6-8-16/h4-8,23H,9-15H2,1H3. The number of anilines is 1. The maximum atomic E-state index is 13.3. The number of hydrogen-bond donors (Lipinski definition) is 1. The summed E-state index contributed by atoms with van der Waals surface area (Å²) in [4.78, 5) is 24.4. The summed E-state index contributed by atoms with van der Waals surface area (Å²) in [6.07, 6.45) is 0.726. The largest absolute Gasteiger partial charge is 0.352 e. The minimum absolute atomic E-state index is 0.133. The SMILES string of the molecule is CC#CCn1c(=O)n(CCc2ccccc2)c2nc(Cl)nc(N3CCNCC3)c21. The van der Waals surface area contributed by atoms with Gasteiger partial charge >= 0.3 is 5.69 Å². The van der Waals surface area contributed by atoms with Crippen LogP contribution in [-0.4, -0.2) is 45.3 Å². The highest BCUT2D eigenvalue weighted by atomic mass is 35.5. The first-order valence-electron chi connectivity index (χ1n) is 9.75. The van der Waals surface area contributed by atoms with Crippen LogP contribution in [0.15, 0.2) is 35.1 Å². The summed E-state index contributed by atoms with van der Waals surface area (Å²) in [7, 11) is 0. The van der Waals surface area contributed by atoms with Gasteiger partial charge in [-0.3, -0.25) is 9.13 Å². The lowest BCUT2D eigenvalue weighted by Crippen LogP contribution is -2.44. The first-order valence-corrected chi connectivity index (χ1v) is 10.1. The predicted molar refractivity (Wildman–Crippen MR) is 115 cm³/mol. The molecule has 150 valence electrons. The van der Waals surface area contributed by atoms with E-state index in [1.165, 1.54) is 0 Å². The molecule has 7 nitrogen and oxygen atoms in total. The number of nitrogens with zero attached hydrogens (tertiary/aromatic N) is 5. The van der Waals surface area contributed by atoms with Crippen molar-refractivity contribution in [2.75, 3.05) is 31.1 Å². The second-order valence-corrected chi connectivity index (χ2v) is 7.25. The first-order chi connectivity index (χ1) is 14.2. The fraction of sp³-hybridized carbons (Fsp3) is 0.381. The Hall–Kier alpha value is -2.82. The lowest BCUT2D eigenvalue weighted by Gasteiger charge is -2.28. The van der Waals surface area contributed by atoms with Crippen LogP contribution in [0.4, 0.5) is 5.82 Å². The van der Waals surface area contributed by atoms with Crippen LogP contribution in [0.25, 0.3) is 11.2 Å². The monoisotopic (exact) mass is 410 g/mol. The third kappa shape index (κ3) is 4.00. The van der Waals surface area contributed by atoms with Gasteiger partial charge < -0.3 is 10.2 Å². The Morgan fingerprint density at radius 3 is 2.62 bits per heavy atom. The van der Waals surface area contributed by atoms with Gasteiger partial charge in [0.05, 0.1) is 6.54 Å². The molecule has 4 rings (SSSR count). The molecule has 1 aliphatic heterocycles. The lowest BCUT2D eigenvalue weighted by molar-refractivity contribution is 0.585. The summed E-state index contributed by atoms with van der Waals surface area (Å²) in [6, 6.07) is 10.1. The normalized spacial score (nSPS) is 14.1. The van der Waals surface area contributed by atoms with E-state index in [4.69, 9.17) is 11.6 Å². The van der Waals surface area contributed by atoms with Crippen molar-refractivity contribution < 1.29 is 0 Å². The molecule has 29 heavy (non-hydrogen) atoms. The Labute approximate surface area is 174 Å². The molecule has 2 aromatic heterocycles. The zero-order valence-electron chi connectivity index (χ0n) is 16.4. The smallest absolute Gasteiger partial charge is 0.331 e. The molecule has 1 fully saturated rings. The summed E-state index contributed by atoms with van der Waals surface area (Å²) < 4.78 is 3.36. The van der Waals surface area contributed by atoms with Crippen LogP contribution in [0.1, 0.15) is 12.5 Å². The number of rotatable bonds is 5. The van der Waals surface area contributed by atoms with Gasteiger partial charge in [0.25, 0.3) is 0 Å². The number of hydrogen-bond acceptors (Lipinski definition) is 5. The summed E-state index contributed by atoms with van der Waals surface area (Å²) in [5.41, 5.74) is 2.30. The number of nitrogens with one attached hydrogen (secondary N) is 1. The number of aromatic nitrogens is 4. The molecule has 0 unspecified atom stereocenters. The van der Waals surface area contributed by atoms with E-state index in [0.29, 0.717) is 30.1 Å². The fourth-order valence-corrected chi connectivity index (χ4v) is 3.82.